The molecule has 0 aliphatic carbocycles. The summed E-state index contributed by atoms with van der Waals surface area (Å²) in [6.07, 6.45) is 0.501. The van der Waals surface area contributed by atoms with Crippen molar-refractivity contribution in [2.24, 2.45) is 0 Å². The Bertz CT molecular complexity index is 1150. The minimum atomic E-state index is -4.27. The summed E-state index contributed by atoms with van der Waals surface area (Å²) in [4.78, 5) is 16.4. The lowest BCUT2D eigenvalue weighted by Crippen LogP contribution is -2.16. The van der Waals surface area contributed by atoms with Crippen LogP contribution in [0.5, 0.6) is 0 Å². The quantitative estimate of drug-likeness (QED) is 0.535. The molecule has 0 bridgehead atoms. The van der Waals surface area contributed by atoms with Gasteiger partial charge in [-0.2, -0.15) is 9.37 Å². The van der Waals surface area contributed by atoms with E-state index in [2.05, 4.69) is 9.97 Å². The standard InChI is InChI=1S/C16H12ClF2N3O4S/c17-9-2-3-10-12(6-9)20-7-13(10)27(25,26)22-16-11(18)5-8(15(19)21-16)1-4-14(23)24/h2-3,5-7,20H,1,4H2,(H,21,22)(H,23,24). The molecule has 2 aromatic heterocycles. The molecule has 0 amide bonds. The summed E-state index contributed by atoms with van der Waals surface area (Å²) >= 11 is 5.85. The zero-order valence-electron chi connectivity index (χ0n) is 13.5. The lowest BCUT2D eigenvalue weighted by atomic mass is 10.1. The van der Waals surface area contributed by atoms with E-state index in [-0.39, 0.29) is 16.9 Å². The van der Waals surface area contributed by atoms with Crippen LogP contribution >= 0.6 is 11.6 Å². The number of nitrogens with zero attached hydrogens (tertiary/aromatic N) is 1. The minimum Gasteiger partial charge on any atom is -0.481 e. The zero-order chi connectivity index (χ0) is 19.8. The molecule has 0 radical (unpaired) electrons. The predicted octanol–water partition coefficient (Wildman–Crippen LogP) is 3.31. The van der Waals surface area contributed by atoms with Crippen molar-refractivity contribution in [3.8, 4) is 0 Å². The topological polar surface area (TPSA) is 112 Å². The molecular formula is C16H12ClF2N3O4S. The number of aromatic amines is 1. The largest absolute Gasteiger partial charge is 0.481 e. The molecule has 11 heteroatoms. The average molecular weight is 416 g/mol. The molecular weight excluding hydrogens is 404 g/mol. The van der Waals surface area contributed by atoms with E-state index >= 15 is 0 Å². The van der Waals surface area contributed by atoms with Crippen LogP contribution in [0.15, 0.2) is 35.4 Å². The van der Waals surface area contributed by atoms with Crippen LogP contribution in [0.2, 0.25) is 5.02 Å². The van der Waals surface area contributed by atoms with Crippen LogP contribution < -0.4 is 4.72 Å². The summed E-state index contributed by atoms with van der Waals surface area (Å²) in [5.41, 5.74) is 0.186. The first kappa shape index (κ1) is 19.1. The van der Waals surface area contributed by atoms with Crippen LogP contribution in [0.3, 0.4) is 0 Å². The maximum atomic E-state index is 14.2. The maximum absolute atomic E-state index is 14.2. The highest BCUT2D eigenvalue weighted by Crippen LogP contribution is 2.27. The number of H-pyrrole nitrogens is 1. The average Bonchev–Trinajstić information content (AvgIpc) is 3.00. The van der Waals surface area contributed by atoms with Gasteiger partial charge in [0.1, 0.15) is 4.90 Å². The summed E-state index contributed by atoms with van der Waals surface area (Å²) < 4.78 is 55.1. The normalized spacial score (nSPS) is 11.7. The Labute approximate surface area is 157 Å². The van der Waals surface area contributed by atoms with Crippen LogP contribution in [-0.4, -0.2) is 29.5 Å². The molecule has 0 fully saturated rings. The fourth-order valence-electron chi connectivity index (χ4n) is 2.47. The molecule has 2 heterocycles. The van der Waals surface area contributed by atoms with E-state index in [4.69, 9.17) is 16.7 Å². The van der Waals surface area contributed by atoms with Crippen molar-refractivity contribution in [1.82, 2.24) is 9.97 Å². The van der Waals surface area contributed by atoms with Crippen molar-refractivity contribution in [2.75, 3.05) is 4.72 Å². The van der Waals surface area contributed by atoms with Gasteiger partial charge in [-0.25, -0.2) is 12.8 Å². The second-order valence-corrected chi connectivity index (χ2v) is 7.70. The van der Waals surface area contributed by atoms with E-state index in [1.807, 2.05) is 4.72 Å². The number of fused-ring (bicyclic) bond motifs is 1. The third kappa shape index (κ3) is 4.01. The lowest BCUT2D eigenvalue weighted by Gasteiger charge is -2.09. The number of carbonyl (C=O) groups is 1. The van der Waals surface area contributed by atoms with E-state index < -0.39 is 40.0 Å². The number of aryl methyl sites for hydroxylation is 1. The Morgan fingerprint density at radius 3 is 2.74 bits per heavy atom. The first-order valence-corrected chi connectivity index (χ1v) is 9.39. The third-order valence-corrected chi connectivity index (χ3v) is 5.35. The number of aliphatic carboxylic acids is 1. The highest BCUT2D eigenvalue weighted by Gasteiger charge is 2.23. The fraction of sp³-hybridized carbons (Fsp3) is 0.125. The summed E-state index contributed by atoms with van der Waals surface area (Å²) in [5.74, 6) is -4.28. The lowest BCUT2D eigenvalue weighted by molar-refractivity contribution is -0.136. The van der Waals surface area contributed by atoms with Crippen molar-refractivity contribution in [3.63, 3.8) is 0 Å². The van der Waals surface area contributed by atoms with Gasteiger partial charge in [-0.1, -0.05) is 11.6 Å². The Morgan fingerprint density at radius 1 is 1.30 bits per heavy atom. The highest BCUT2D eigenvalue weighted by atomic mass is 35.5. The van der Waals surface area contributed by atoms with E-state index in [9.17, 15) is 22.0 Å². The first-order chi connectivity index (χ1) is 12.7. The Kier molecular flexibility index (Phi) is 5.03. The number of nitrogens with one attached hydrogen (secondary N) is 2. The number of rotatable bonds is 6. The molecule has 0 spiro atoms. The summed E-state index contributed by atoms with van der Waals surface area (Å²) in [7, 11) is -4.27. The van der Waals surface area contributed by atoms with Gasteiger partial charge in [0, 0.05) is 34.1 Å². The van der Waals surface area contributed by atoms with E-state index in [0.717, 1.165) is 6.07 Å². The van der Waals surface area contributed by atoms with Crippen molar-refractivity contribution in [2.45, 2.75) is 17.7 Å². The molecule has 142 valence electrons. The molecule has 1 aromatic carbocycles. The van der Waals surface area contributed by atoms with Gasteiger partial charge in [0.05, 0.1) is 0 Å². The minimum absolute atomic E-state index is 0.189. The van der Waals surface area contributed by atoms with Gasteiger partial charge in [-0.05, 0) is 30.7 Å². The molecule has 0 saturated heterocycles. The van der Waals surface area contributed by atoms with Crippen molar-refractivity contribution < 1.29 is 27.1 Å². The molecule has 0 aliphatic heterocycles. The van der Waals surface area contributed by atoms with Gasteiger partial charge in [-0.3, -0.25) is 9.52 Å². The molecule has 0 aliphatic rings. The molecule has 27 heavy (non-hydrogen) atoms. The molecule has 3 N–H and O–H groups in total. The second kappa shape index (κ2) is 7.12. The Morgan fingerprint density at radius 2 is 2.04 bits per heavy atom. The van der Waals surface area contributed by atoms with Gasteiger partial charge < -0.3 is 10.1 Å². The number of hydrogen-bond donors (Lipinski definition) is 3. The van der Waals surface area contributed by atoms with Gasteiger partial charge in [0.15, 0.2) is 11.6 Å². The van der Waals surface area contributed by atoms with E-state index in [1.54, 1.807) is 0 Å². The summed E-state index contributed by atoms with van der Waals surface area (Å²) in [6.45, 7) is 0. The number of sulfonamides is 1. The van der Waals surface area contributed by atoms with Gasteiger partial charge >= 0.3 is 5.97 Å². The first-order valence-electron chi connectivity index (χ1n) is 7.53. The number of anilines is 1. The zero-order valence-corrected chi connectivity index (χ0v) is 15.0. The number of hydrogen-bond acceptors (Lipinski definition) is 4. The van der Waals surface area contributed by atoms with Crippen molar-refractivity contribution >= 4 is 44.3 Å². The van der Waals surface area contributed by atoms with Gasteiger partial charge in [0.2, 0.25) is 5.95 Å². The van der Waals surface area contributed by atoms with Gasteiger partial charge in [0.25, 0.3) is 10.0 Å². The fourth-order valence-corrected chi connectivity index (χ4v) is 3.83. The molecule has 0 saturated carbocycles. The van der Waals surface area contributed by atoms with E-state index in [1.165, 1.54) is 24.4 Å². The molecule has 0 unspecified atom stereocenters. The predicted molar refractivity (Wildman–Crippen MR) is 94.2 cm³/mol. The number of carboxylic acids is 1. The van der Waals surface area contributed by atoms with Crippen LogP contribution in [0.25, 0.3) is 10.9 Å². The van der Waals surface area contributed by atoms with Gasteiger partial charge in [-0.15, -0.1) is 0 Å². The number of pyridine rings is 1. The summed E-state index contributed by atoms with van der Waals surface area (Å²) in [5, 5.41) is 9.32. The van der Waals surface area contributed by atoms with Crippen molar-refractivity contribution in [1.29, 1.82) is 0 Å². The number of halogens is 3. The van der Waals surface area contributed by atoms with Crippen LogP contribution in [-0.2, 0) is 21.2 Å². The smallest absolute Gasteiger partial charge is 0.303 e. The Balaban J connectivity index is 1.93. The van der Waals surface area contributed by atoms with Crippen LogP contribution in [0, 0.1) is 11.8 Å². The molecule has 3 rings (SSSR count). The molecule has 7 nitrogen and oxygen atoms in total. The highest BCUT2D eigenvalue weighted by molar-refractivity contribution is 7.93. The third-order valence-electron chi connectivity index (χ3n) is 3.74. The number of aromatic nitrogens is 2. The molecule has 0 atom stereocenters. The Hall–Kier alpha value is -2.72. The number of carboxylic acid groups (broad SMARTS) is 1. The SMILES string of the molecule is O=C(O)CCc1cc(F)c(NS(=O)(=O)c2c[nH]c3cc(Cl)ccc23)nc1F. The second-order valence-electron chi connectivity index (χ2n) is 5.61. The monoisotopic (exact) mass is 415 g/mol. The van der Waals surface area contributed by atoms with Crippen LogP contribution in [0.4, 0.5) is 14.6 Å². The number of benzene rings is 1. The summed E-state index contributed by atoms with van der Waals surface area (Å²) in [6, 6.07) is 5.21. The molecule has 3 aromatic rings. The van der Waals surface area contributed by atoms with Crippen LogP contribution in [0.1, 0.15) is 12.0 Å². The van der Waals surface area contributed by atoms with E-state index in [0.29, 0.717) is 15.9 Å². The van der Waals surface area contributed by atoms with Crippen molar-refractivity contribution in [3.05, 3.63) is 52.8 Å². The maximum Gasteiger partial charge on any atom is 0.303 e.